The Bertz CT molecular complexity index is 132. The second-order valence-corrected chi connectivity index (χ2v) is 3.31. The lowest BCUT2D eigenvalue weighted by Gasteiger charge is -2.23. The molecule has 0 aromatic rings. The van der Waals surface area contributed by atoms with Crippen molar-refractivity contribution in [2.75, 3.05) is 7.05 Å². The van der Waals surface area contributed by atoms with Gasteiger partial charge in [-0.05, 0) is 27.7 Å². The van der Waals surface area contributed by atoms with Crippen molar-refractivity contribution < 1.29 is 4.79 Å². The van der Waals surface area contributed by atoms with Crippen molar-refractivity contribution in [3.8, 4) is 0 Å². The summed E-state index contributed by atoms with van der Waals surface area (Å²) < 4.78 is 0. The Morgan fingerprint density at radius 3 is 2.00 bits per heavy atom. The molecule has 0 saturated carbocycles. The maximum absolute atomic E-state index is 11.2. The number of hydrogen-bond acceptors (Lipinski definition) is 1. The first kappa shape index (κ1) is 10.3. The fourth-order valence-corrected chi connectivity index (χ4v) is 0.583. The third-order valence-electron chi connectivity index (χ3n) is 1.51. The minimum Gasteiger partial charge on any atom is -0.336 e. The summed E-state index contributed by atoms with van der Waals surface area (Å²) in [7, 11) is 1.79. The van der Waals surface area contributed by atoms with Crippen LogP contribution in [-0.2, 0) is 0 Å². The topological polar surface area (TPSA) is 32.3 Å². The van der Waals surface area contributed by atoms with Gasteiger partial charge in [0.2, 0.25) is 0 Å². The van der Waals surface area contributed by atoms with E-state index in [1.807, 2.05) is 27.7 Å². The molecule has 1 N–H and O–H groups in total. The van der Waals surface area contributed by atoms with Gasteiger partial charge in [0.05, 0.1) is 0 Å². The van der Waals surface area contributed by atoms with E-state index in [4.69, 9.17) is 0 Å². The minimum atomic E-state index is -0.00463. The summed E-state index contributed by atoms with van der Waals surface area (Å²) in [6.45, 7) is 7.87. The van der Waals surface area contributed by atoms with Gasteiger partial charge >= 0.3 is 6.03 Å². The van der Waals surface area contributed by atoms with E-state index < -0.39 is 0 Å². The fraction of sp³-hybridized carbons (Fsp3) is 0.875. The number of hydrogen-bond donors (Lipinski definition) is 1. The minimum absolute atomic E-state index is 0.00463. The van der Waals surface area contributed by atoms with Crippen LogP contribution >= 0.6 is 0 Å². The summed E-state index contributed by atoms with van der Waals surface area (Å²) in [5.74, 6) is 0. The van der Waals surface area contributed by atoms with Gasteiger partial charge in [0, 0.05) is 19.1 Å². The molecule has 0 aromatic heterocycles. The average molecular weight is 158 g/mol. The Labute approximate surface area is 68.8 Å². The third kappa shape index (κ3) is 3.86. The summed E-state index contributed by atoms with van der Waals surface area (Å²) in [6, 6.07) is 0.465. The summed E-state index contributed by atoms with van der Waals surface area (Å²) in [5.41, 5.74) is 0. The van der Waals surface area contributed by atoms with Gasteiger partial charge in [0.15, 0.2) is 0 Å². The zero-order chi connectivity index (χ0) is 9.02. The standard InChI is InChI=1S/C8H18N2O/c1-6(2)9-8(11)10(5)7(3)4/h6-7H,1-5H3,(H,9,11). The van der Waals surface area contributed by atoms with E-state index in [-0.39, 0.29) is 18.1 Å². The predicted molar refractivity (Wildman–Crippen MR) is 46.6 cm³/mol. The number of nitrogens with one attached hydrogen (secondary N) is 1. The van der Waals surface area contributed by atoms with Crippen LogP contribution in [0.15, 0.2) is 0 Å². The Hall–Kier alpha value is -0.730. The number of urea groups is 1. The van der Waals surface area contributed by atoms with Gasteiger partial charge in [-0.25, -0.2) is 4.79 Å². The van der Waals surface area contributed by atoms with Crippen LogP contribution in [0.5, 0.6) is 0 Å². The second kappa shape index (κ2) is 4.21. The van der Waals surface area contributed by atoms with Crippen LogP contribution in [0.4, 0.5) is 4.79 Å². The molecule has 66 valence electrons. The lowest BCUT2D eigenvalue weighted by molar-refractivity contribution is 0.195. The van der Waals surface area contributed by atoms with Crippen LogP contribution in [0.1, 0.15) is 27.7 Å². The van der Waals surface area contributed by atoms with Gasteiger partial charge in [0.25, 0.3) is 0 Å². The molecule has 0 spiro atoms. The highest BCUT2D eigenvalue weighted by molar-refractivity contribution is 5.74. The molecule has 0 bridgehead atoms. The monoisotopic (exact) mass is 158 g/mol. The molecule has 0 fully saturated rings. The molecule has 0 rings (SSSR count). The Balaban J connectivity index is 3.83. The van der Waals surface area contributed by atoms with Crippen molar-refractivity contribution in [1.82, 2.24) is 10.2 Å². The van der Waals surface area contributed by atoms with Gasteiger partial charge in [-0.2, -0.15) is 0 Å². The van der Waals surface area contributed by atoms with Crippen molar-refractivity contribution in [2.45, 2.75) is 39.8 Å². The Morgan fingerprint density at radius 2 is 1.73 bits per heavy atom. The molecular formula is C8H18N2O. The SMILES string of the molecule is CC(C)NC(=O)N(C)C(C)C. The zero-order valence-electron chi connectivity index (χ0n) is 8.01. The molecule has 0 aliphatic rings. The van der Waals surface area contributed by atoms with Crippen LogP contribution in [0, 0.1) is 0 Å². The van der Waals surface area contributed by atoms with Crippen LogP contribution in [0.2, 0.25) is 0 Å². The van der Waals surface area contributed by atoms with Gasteiger partial charge < -0.3 is 10.2 Å². The number of rotatable bonds is 2. The zero-order valence-corrected chi connectivity index (χ0v) is 8.01. The first-order valence-corrected chi connectivity index (χ1v) is 3.98. The Kier molecular flexibility index (Phi) is 3.93. The molecule has 0 heterocycles. The van der Waals surface area contributed by atoms with E-state index >= 15 is 0 Å². The molecule has 3 nitrogen and oxygen atoms in total. The molecule has 11 heavy (non-hydrogen) atoms. The van der Waals surface area contributed by atoms with Gasteiger partial charge in [-0.15, -0.1) is 0 Å². The number of carbonyl (C=O) groups excluding carboxylic acids is 1. The summed E-state index contributed by atoms with van der Waals surface area (Å²) in [4.78, 5) is 12.9. The molecule has 0 saturated heterocycles. The van der Waals surface area contributed by atoms with E-state index in [2.05, 4.69) is 5.32 Å². The molecule has 0 aliphatic heterocycles. The van der Waals surface area contributed by atoms with E-state index in [0.29, 0.717) is 0 Å². The fourth-order valence-electron chi connectivity index (χ4n) is 0.583. The van der Waals surface area contributed by atoms with Crippen LogP contribution < -0.4 is 5.32 Å². The largest absolute Gasteiger partial charge is 0.336 e. The van der Waals surface area contributed by atoms with E-state index in [1.54, 1.807) is 11.9 Å². The number of carbonyl (C=O) groups is 1. The lowest BCUT2D eigenvalue weighted by atomic mass is 10.3. The van der Waals surface area contributed by atoms with Crippen molar-refractivity contribution in [1.29, 1.82) is 0 Å². The molecule has 0 aromatic carbocycles. The van der Waals surface area contributed by atoms with Gasteiger partial charge in [-0.3, -0.25) is 0 Å². The van der Waals surface area contributed by atoms with Crippen LogP contribution in [-0.4, -0.2) is 30.1 Å². The first-order chi connectivity index (χ1) is 4.95. The number of amides is 2. The predicted octanol–water partition coefficient (Wildman–Crippen LogP) is 1.44. The van der Waals surface area contributed by atoms with Crippen molar-refractivity contribution in [2.24, 2.45) is 0 Å². The molecule has 3 heteroatoms. The highest BCUT2D eigenvalue weighted by atomic mass is 16.2. The number of nitrogens with zero attached hydrogens (tertiary/aromatic N) is 1. The molecule has 0 radical (unpaired) electrons. The third-order valence-corrected chi connectivity index (χ3v) is 1.51. The van der Waals surface area contributed by atoms with E-state index in [9.17, 15) is 4.79 Å². The van der Waals surface area contributed by atoms with E-state index in [0.717, 1.165) is 0 Å². The summed E-state index contributed by atoms with van der Waals surface area (Å²) in [5, 5.41) is 2.81. The second-order valence-electron chi connectivity index (χ2n) is 3.31. The quantitative estimate of drug-likeness (QED) is 0.648. The van der Waals surface area contributed by atoms with Gasteiger partial charge in [0.1, 0.15) is 0 Å². The van der Waals surface area contributed by atoms with Gasteiger partial charge in [-0.1, -0.05) is 0 Å². The summed E-state index contributed by atoms with van der Waals surface area (Å²) >= 11 is 0. The molecule has 0 aliphatic carbocycles. The van der Waals surface area contributed by atoms with Crippen LogP contribution in [0.25, 0.3) is 0 Å². The molecule has 0 unspecified atom stereocenters. The summed E-state index contributed by atoms with van der Waals surface area (Å²) in [6.07, 6.45) is 0. The molecular weight excluding hydrogens is 140 g/mol. The lowest BCUT2D eigenvalue weighted by Crippen LogP contribution is -2.43. The van der Waals surface area contributed by atoms with Crippen molar-refractivity contribution in [3.05, 3.63) is 0 Å². The smallest absolute Gasteiger partial charge is 0.317 e. The molecule has 0 atom stereocenters. The normalized spacial score (nSPS) is 10.5. The maximum atomic E-state index is 11.2. The van der Waals surface area contributed by atoms with E-state index in [1.165, 1.54) is 0 Å². The average Bonchev–Trinajstić information content (AvgIpc) is 1.84. The maximum Gasteiger partial charge on any atom is 0.317 e. The first-order valence-electron chi connectivity index (χ1n) is 3.98. The molecule has 2 amide bonds. The van der Waals surface area contributed by atoms with Crippen molar-refractivity contribution in [3.63, 3.8) is 0 Å². The highest BCUT2D eigenvalue weighted by Gasteiger charge is 2.11. The van der Waals surface area contributed by atoms with Crippen LogP contribution in [0.3, 0.4) is 0 Å². The Morgan fingerprint density at radius 1 is 1.27 bits per heavy atom. The highest BCUT2D eigenvalue weighted by Crippen LogP contribution is 1.94. The van der Waals surface area contributed by atoms with Crippen molar-refractivity contribution >= 4 is 6.03 Å².